The quantitative estimate of drug-likeness (QED) is 0.463. The first kappa shape index (κ1) is 18.2. The Morgan fingerprint density at radius 1 is 1.33 bits per heavy atom. The fourth-order valence-electron chi connectivity index (χ4n) is 2.81. The lowest BCUT2D eigenvalue weighted by Gasteiger charge is -2.12. The van der Waals surface area contributed by atoms with Crippen LogP contribution >= 0.6 is 24.0 Å². The summed E-state index contributed by atoms with van der Waals surface area (Å²) in [6.07, 6.45) is 1.23. The maximum Gasteiger partial charge on any atom is 0.193 e. The molecule has 118 valence electrons. The second-order valence-corrected chi connectivity index (χ2v) is 5.78. The first-order valence-corrected chi connectivity index (χ1v) is 7.44. The van der Waals surface area contributed by atoms with Gasteiger partial charge in [-0.1, -0.05) is 13.0 Å². The first-order chi connectivity index (χ1) is 9.56. The van der Waals surface area contributed by atoms with Crippen molar-refractivity contribution in [2.24, 2.45) is 16.6 Å². The maximum atomic E-state index is 5.98. The average Bonchev–Trinajstić information content (AvgIpc) is 2.83. The van der Waals surface area contributed by atoms with Gasteiger partial charge in [0.25, 0.3) is 0 Å². The fraction of sp³-hybridized carbons (Fsp3) is 0.562. The molecule has 3 N–H and O–H groups in total. The Morgan fingerprint density at radius 2 is 2.00 bits per heavy atom. The van der Waals surface area contributed by atoms with Crippen LogP contribution in [-0.4, -0.2) is 37.0 Å². The molecule has 4 nitrogen and oxygen atoms in total. The van der Waals surface area contributed by atoms with Gasteiger partial charge < -0.3 is 16.0 Å². The van der Waals surface area contributed by atoms with E-state index in [0.717, 1.165) is 25.3 Å². The normalized spacial score (nSPS) is 19.4. The molecular formula is C16H27IN4. The standard InChI is InChI=1S/C16H26N4.HI/c1-4-20-6-5-14(11-20)10-18-16(17)19-15-8-12(2)7-13(3)9-15;/h7-9,14H,4-6,10-11H2,1-3H3,(H3,17,18,19);1H. The summed E-state index contributed by atoms with van der Waals surface area (Å²) in [5.74, 6) is 1.17. The molecule has 0 amide bonds. The van der Waals surface area contributed by atoms with E-state index in [1.54, 1.807) is 0 Å². The van der Waals surface area contributed by atoms with Crippen molar-refractivity contribution in [2.75, 3.05) is 31.5 Å². The van der Waals surface area contributed by atoms with Crippen LogP contribution in [0.5, 0.6) is 0 Å². The fourth-order valence-corrected chi connectivity index (χ4v) is 2.81. The number of benzene rings is 1. The molecular weight excluding hydrogens is 375 g/mol. The van der Waals surface area contributed by atoms with E-state index < -0.39 is 0 Å². The molecule has 1 aromatic carbocycles. The molecule has 1 aromatic rings. The maximum absolute atomic E-state index is 5.98. The van der Waals surface area contributed by atoms with Gasteiger partial charge in [0.1, 0.15) is 0 Å². The average molecular weight is 402 g/mol. The van der Waals surface area contributed by atoms with Gasteiger partial charge in [-0.05, 0) is 62.5 Å². The monoisotopic (exact) mass is 402 g/mol. The number of halogens is 1. The number of aliphatic imine (C=N–C) groups is 1. The summed E-state index contributed by atoms with van der Waals surface area (Å²) in [4.78, 5) is 6.95. The van der Waals surface area contributed by atoms with E-state index in [2.05, 4.69) is 54.2 Å². The highest BCUT2D eigenvalue weighted by Gasteiger charge is 2.20. The highest BCUT2D eigenvalue weighted by molar-refractivity contribution is 14.0. The van der Waals surface area contributed by atoms with Crippen LogP contribution in [0.4, 0.5) is 5.69 Å². The van der Waals surface area contributed by atoms with Gasteiger partial charge in [-0.3, -0.25) is 4.99 Å². The number of likely N-dealkylation sites (tertiary alicyclic amines) is 1. The predicted octanol–water partition coefficient (Wildman–Crippen LogP) is 2.99. The topological polar surface area (TPSA) is 53.6 Å². The lowest BCUT2D eigenvalue weighted by Crippen LogP contribution is -2.25. The van der Waals surface area contributed by atoms with Crippen molar-refractivity contribution in [3.63, 3.8) is 0 Å². The number of rotatable bonds is 4. The van der Waals surface area contributed by atoms with Gasteiger partial charge in [-0.2, -0.15) is 0 Å². The number of nitrogens with one attached hydrogen (secondary N) is 1. The van der Waals surface area contributed by atoms with Crippen molar-refractivity contribution in [1.82, 2.24) is 4.90 Å². The van der Waals surface area contributed by atoms with Crippen LogP contribution in [0, 0.1) is 19.8 Å². The summed E-state index contributed by atoms with van der Waals surface area (Å²) in [5, 5.41) is 3.19. The summed E-state index contributed by atoms with van der Waals surface area (Å²) >= 11 is 0. The van der Waals surface area contributed by atoms with Crippen LogP contribution in [0.25, 0.3) is 0 Å². The zero-order chi connectivity index (χ0) is 14.5. The third kappa shape index (κ3) is 5.82. The van der Waals surface area contributed by atoms with Crippen molar-refractivity contribution in [3.05, 3.63) is 29.3 Å². The molecule has 1 saturated heterocycles. The molecule has 21 heavy (non-hydrogen) atoms. The van der Waals surface area contributed by atoms with Gasteiger partial charge >= 0.3 is 0 Å². The Balaban J connectivity index is 0.00000220. The van der Waals surface area contributed by atoms with Gasteiger partial charge in [-0.25, -0.2) is 0 Å². The van der Waals surface area contributed by atoms with Crippen molar-refractivity contribution in [3.8, 4) is 0 Å². The molecule has 1 fully saturated rings. The second kappa shape index (κ2) is 8.58. The highest BCUT2D eigenvalue weighted by Crippen LogP contribution is 2.16. The molecule has 0 radical (unpaired) electrons. The van der Waals surface area contributed by atoms with Crippen LogP contribution in [0.1, 0.15) is 24.5 Å². The molecule has 0 saturated carbocycles. The molecule has 0 aromatic heterocycles. The van der Waals surface area contributed by atoms with Crippen molar-refractivity contribution >= 4 is 35.6 Å². The molecule has 1 unspecified atom stereocenters. The number of aryl methyl sites for hydroxylation is 2. The smallest absolute Gasteiger partial charge is 0.193 e. The molecule has 2 rings (SSSR count). The van der Waals surface area contributed by atoms with Crippen LogP contribution in [0.3, 0.4) is 0 Å². The minimum Gasteiger partial charge on any atom is -0.370 e. The second-order valence-electron chi connectivity index (χ2n) is 5.78. The van der Waals surface area contributed by atoms with Gasteiger partial charge in [-0.15, -0.1) is 24.0 Å². The molecule has 5 heteroatoms. The van der Waals surface area contributed by atoms with E-state index in [9.17, 15) is 0 Å². The molecule has 1 atom stereocenters. The molecule has 0 bridgehead atoms. The largest absolute Gasteiger partial charge is 0.370 e. The van der Waals surface area contributed by atoms with Crippen LogP contribution < -0.4 is 11.1 Å². The minimum atomic E-state index is 0. The number of nitrogens with zero attached hydrogens (tertiary/aromatic N) is 2. The zero-order valence-electron chi connectivity index (χ0n) is 13.2. The highest BCUT2D eigenvalue weighted by atomic mass is 127. The van der Waals surface area contributed by atoms with E-state index in [-0.39, 0.29) is 24.0 Å². The summed E-state index contributed by atoms with van der Waals surface area (Å²) in [7, 11) is 0. The third-order valence-electron chi connectivity index (χ3n) is 3.83. The third-order valence-corrected chi connectivity index (χ3v) is 3.83. The Labute approximate surface area is 145 Å². The molecule has 1 aliphatic heterocycles. The summed E-state index contributed by atoms with van der Waals surface area (Å²) < 4.78 is 0. The van der Waals surface area contributed by atoms with Crippen molar-refractivity contribution < 1.29 is 0 Å². The zero-order valence-corrected chi connectivity index (χ0v) is 15.6. The van der Waals surface area contributed by atoms with Crippen LogP contribution in [0.15, 0.2) is 23.2 Å². The lowest BCUT2D eigenvalue weighted by molar-refractivity contribution is 0.344. The van der Waals surface area contributed by atoms with Gasteiger partial charge in [0.2, 0.25) is 0 Å². The SMILES string of the molecule is CCN1CCC(CN=C(N)Nc2cc(C)cc(C)c2)C1.I. The van der Waals surface area contributed by atoms with Crippen LogP contribution in [-0.2, 0) is 0 Å². The van der Waals surface area contributed by atoms with Crippen molar-refractivity contribution in [2.45, 2.75) is 27.2 Å². The molecule has 0 spiro atoms. The van der Waals surface area contributed by atoms with E-state index in [1.165, 1.54) is 24.1 Å². The molecule has 1 heterocycles. The van der Waals surface area contributed by atoms with Crippen molar-refractivity contribution in [1.29, 1.82) is 0 Å². The summed E-state index contributed by atoms with van der Waals surface area (Å²) in [5.41, 5.74) is 9.46. The predicted molar refractivity (Wildman–Crippen MR) is 102 cm³/mol. The van der Waals surface area contributed by atoms with Crippen LogP contribution in [0.2, 0.25) is 0 Å². The minimum absolute atomic E-state index is 0. The summed E-state index contributed by atoms with van der Waals surface area (Å²) in [6, 6.07) is 6.32. The van der Waals surface area contributed by atoms with Gasteiger partial charge in [0.15, 0.2) is 5.96 Å². The Morgan fingerprint density at radius 3 is 2.57 bits per heavy atom. The number of anilines is 1. The number of nitrogens with two attached hydrogens (primary N) is 1. The number of hydrogen-bond acceptors (Lipinski definition) is 2. The van der Waals surface area contributed by atoms with Gasteiger partial charge in [0.05, 0.1) is 0 Å². The lowest BCUT2D eigenvalue weighted by atomic mass is 10.1. The number of guanidine groups is 1. The number of hydrogen-bond donors (Lipinski definition) is 2. The molecule has 1 aliphatic rings. The van der Waals surface area contributed by atoms with E-state index in [1.807, 2.05) is 0 Å². The molecule has 0 aliphatic carbocycles. The Bertz CT molecular complexity index is 467. The van der Waals surface area contributed by atoms with E-state index >= 15 is 0 Å². The van der Waals surface area contributed by atoms with E-state index in [0.29, 0.717) is 11.9 Å². The summed E-state index contributed by atoms with van der Waals surface area (Å²) in [6.45, 7) is 10.7. The van der Waals surface area contributed by atoms with Gasteiger partial charge in [0, 0.05) is 18.8 Å². The Kier molecular flexibility index (Phi) is 7.45. The van der Waals surface area contributed by atoms with E-state index in [4.69, 9.17) is 5.73 Å². The Hall–Kier alpha value is -0.820. The first-order valence-electron chi connectivity index (χ1n) is 7.44.